The van der Waals surface area contributed by atoms with Crippen molar-refractivity contribution in [3.8, 4) is 0 Å². The fourth-order valence-electron chi connectivity index (χ4n) is 2.27. The number of carbonyl (C=O) groups is 1. The van der Waals surface area contributed by atoms with E-state index in [1.165, 1.54) is 0 Å². The fourth-order valence-corrected chi connectivity index (χ4v) is 2.27. The first-order valence-corrected chi connectivity index (χ1v) is 5.73. The van der Waals surface area contributed by atoms with Crippen LogP contribution in [0.5, 0.6) is 0 Å². The Morgan fingerprint density at radius 1 is 1.41 bits per heavy atom. The largest absolute Gasteiger partial charge is 0.326 e. The Balaban J connectivity index is 2.02. The van der Waals surface area contributed by atoms with Crippen LogP contribution in [-0.2, 0) is 17.6 Å². The van der Waals surface area contributed by atoms with Gasteiger partial charge in [0.15, 0.2) is 0 Å². The van der Waals surface area contributed by atoms with E-state index in [0.717, 1.165) is 36.1 Å². The molecule has 5 heteroatoms. The first-order chi connectivity index (χ1) is 8.13. The molecule has 1 aliphatic carbocycles. The maximum Gasteiger partial charge on any atom is 0.273 e. The van der Waals surface area contributed by atoms with Crippen molar-refractivity contribution in [1.82, 2.24) is 0 Å². The quantitative estimate of drug-likeness (QED) is 0.640. The number of hydrogen-bond acceptors (Lipinski definition) is 3. The van der Waals surface area contributed by atoms with Crippen molar-refractivity contribution in [2.45, 2.75) is 25.7 Å². The molecule has 0 aromatic heterocycles. The van der Waals surface area contributed by atoms with Gasteiger partial charge in [-0.05, 0) is 36.8 Å². The molecular weight excluding hydrogens is 220 g/mol. The van der Waals surface area contributed by atoms with E-state index in [0.29, 0.717) is 5.92 Å². The predicted molar refractivity (Wildman–Crippen MR) is 61.9 cm³/mol. The highest BCUT2D eigenvalue weighted by Crippen LogP contribution is 2.38. The molecule has 3 rings (SSSR count). The van der Waals surface area contributed by atoms with Gasteiger partial charge in [0.25, 0.3) is 5.69 Å². The van der Waals surface area contributed by atoms with E-state index >= 15 is 0 Å². The Morgan fingerprint density at radius 3 is 2.82 bits per heavy atom. The van der Waals surface area contributed by atoms with E-state index in [9.17, 15) is 14.9 Å². The molecule has 0 atom stereocenters. The van der Waals surface area contributed by atoms with Crippen LogP contribution in [0.2, 0.25) is 0 Å². The Kier molecular flexibility index (Phi) is 2.14. The lowest BCUT2D eigenvalue weighted by atomic mass is 10.0. The van der Waals surface area contributed by atoms with Crippen LogP contribution in [0.25, 0.3) is 0 Å². The van der Waals surface area contributed by atoms with Gasteiger partial charge in [-0.25, -0.2) is 0 Å². The van der Waals surface area contributed by atoms with Gasteiger partial charge in [0.2, 0.25) is 5.91 Å². The van der Waals surface area contributed by atoms with E-state index in [1.807, 2.05) is 0 Å². The third-order valence-electron chi connectivity index (χ3n) is 3.33. The predicted octanol–water partition coefficient (Wildman–Crippen LogP) is 2.04. The van der Waals surface area contributed by atoms with E-state index in [2.05, 4.69) is 5.32 Å². The zero-order valence-electron chi connectivity index (χ0n) is 9.23. The molecule has 1 aliphatic heterocycles. The van der Waals surface area contributed by atoms with Crippen LogP contribution in [0.15, 0.2) is 12.1 Å². The number of fused-ring (bicyclic) bond motifs is 1. The molecule has 1 aromatic carbocycles. The summed E-state index contributed by atoms with van der Waals surface area (Å²) in [6.07, 6.45) is 3.31. The second-order valence-corrected chi connectivity index (χ2v) is 4.77. The highest BCUT2D eigenvalue weighted by molar-refractivity contribution is 5.99. The summed E-state index contributed by atoms with van der Waals surface area (Å²) in [7, 11) is 0. The molecule has 1 saturated carbocycles. The number of nitrogens with zero attached hydrogens (tertiary/aromatic N) is 1. The van der Waals surface area contributed by atoms with E-state index in [4.69, 9.17) is 0 Å². The van der Waals surface area contributed by atoms with E-state index in [1.54, 1.807) is 12.1 Å². The Labute approximate surface area is 98.0 Å². The molecule has 1 amide bonds. The molecule has 1 N–H and O–H groups in total. The van der Waals surface area contributed by atoms with Crippen LogP contribution in [0.3, 0.4) is 0 Å². The van der Waals surface area contributed by atoms with Crippen LogP contribution in [0, 0.1) is 16.0 Å². The summed E-state index contributed by atoms with van der Waals surface area (Å²) in [6, 6.07) is 3.32. The van der Waals surface area contributed by atoms with Gasteiger partial charge in [-0.15, -0.1) is 0 Å². The molecule has 0 unspecified atom stereocenters. The maximum atomic E-state index is 11.2. The zero-order chi connectivity index (χ0) is 12.0. The van der Waals surface area contributed by atoms with Crippen molar-refractivity contribution in [3.05, 3.63) is 33.4 Å². The summed E-state index contributed by atoms with van der Waals surface area (Å²) in [6.45, 7) is 0. The number of carbonyl (C=O) groups excluding carboxylic acids is 1. The molecule has 88 valence electrons. The molecule has 5 nitrogen and oxygen atoms in total. The summed E-state index contributed by atoms with van der Waals surface area (Å²) < 4.78 is 0. The number of benzene rings is 1. The molecule has 0 saturated heterocycles. The van der Waals surface area contributed by atoms with Gasteiger partial charge >= 0.3 is 0 Å². The minimum atomic E-state index is -0.346. The average molecular weight is 232 g/mol. The molecule has 2 aliphatic rings. The van der Waals surface area contributed by atoms with Crippen LogP contribution < -0.4 is 5.32 Å². The van der Waals surface area contributed by atoms with Crippen LogP contribution in [0.4, 0.5) is 11.4 Å². The lowest BCUT2D eigenvalue weighted by Crippen LogP contribution is -2.03. The summed E-state index contributed by atoms with van der Waals surface area (Å²) in [5.74, 6) is 0.502. The molecule has 0 spiro atoms. The Hall–Kier alpha value is -1.91. The van der Waals surface area contributed by atoms with Crippen molar-refractivity contribution in [1.29, 1.82) is 0 Å². The number of anilines is 1. The number of nitrogens with one attached hydrogen (secondary N) is 1. The standard InChI is InChI=1S/C12H12N2O3/c15-12-6-8-5-11(14(16)17)9(3-7-1-2-7)4-10(8)13-12/h4-5,7H,1-3,6H2,(H,13,15). The number of amides is 1. The maximum absolute atomic E-state index is 11.2. The monoisotopic (exact) mass is 232 g/mol. The molecule has 1 heterocycles. The second kappa shape index (κ2) is 3.55. The van der Waals surface area contributed by atoms with Crippen LogP contribution in [-0.4, -0.2) is 10.8 Å². The first-order valence-electron chi connectivity index (χ1n) is 5.73. The Morgan fingerprint density at radius 2 is 2.18 bits per heavy atom. The number of nitro benzene ring substituents is 1. The Bertz CT molecular complexity index is 521. The van der Waals surface area contributed by atoms with Gasteiger partial charge in [-0.1, -0.05) is 0 Å². The molecule has 1 fully saturated rings. The molecular formula is C12H12N2O3. The SMILES string of the molecule is O=C1Cc2cc([N+](=O)[O-])c(CC3CC3)cc2N1. The number of rotatable bonds is 3. The van der Waals surface area contributed by atoms with Gasteiger partial charge in [0, 0.05) is 17.3 Å². The van der Waals surface area contributed by atoms with Gasteiger partial charge in [-0.3, -0.25) is 14.9 Å². The van der Waals surface area contributed by atoms with Crippen molar-refractivity contribution in [3.63, 3.8) is 0 Å². The van der Waals surface area contributed by atoms with Crippen molar-refractivity contribution >= 4 is 17.3 Å². The molecule has 17 heavy (non-hydrogen) atoms. The second-order valence-electron chi connectivity index (χ2n) is 4.77. The highest BCUT2D eigenvalue weighted by Gasteiger charge is 2.29. The van der Waals surface area contributed by atoms with Gasteiger partial charge in [-0.2, -0.15) is 0 Å². The molecule has 1 aromatic rings. The average Bonchev–Trinajstić information content (AvgIpc) is 2.97. The van der Waals surface area contributed by atoms with E-state index < -0.39 is 0 Å². The van der Waals surface area contributed by atoms with Gasteiger partial charge in [0.1, 0.15) is 0 Å². The van der Waals surface area contributed by atoms with Crippen molar-refractivity contribution in [2.75, 3.05) is 5.32 Å². The lowest BCUT2D eigenvalue weighted by Gasteiger charge is -2.05. The third kappa shape index (κ3) is 1.88. The van der Waals surface area contributed by atoms with Gasteiger partial charge < -0.3 is 5.32 Å². The minimum Gasteiger partial charge on any atom is -0.326 e. The summed E-state index contributed by atoms with van der Waals surface area (Å²) in [5.41, 5.74) is 2.39. The normalized spacial score (nSPS) is 17.8. The molecule has 0 bridgehead atoms. The summed E-state index contributed by atoms with van der Waals surface area (Å²) in [4.78, 5) is 21.9. The smallest absolute Gasteiger partial charge is 0.273 e. The fraction of sp³-hybridized carbons (Fsp3) is 0.417. The topological polar surface area (TPSA) is 72.2 Å². The summed E-state index contributed by atoms with van der Waals surface area (Å²) in [5, 5.41) is 13.7. The third-order valence-corrected chi connectivity index (χ3v) is 3.33. The number of nitro groups is 1. The molecule has 0 radical (unpaired) electrons. The van der Waals surface area contributed by atoms with E-state index in [-0.39, 0.29) is 22.9 Å². The van der Waals surface area contributed by atoms with Crippen LogP contribution >= 0.6 is 0 Å². The van der Waals surface area contributed by atoms with Crippen LogP contribution in [0.1, 0.15) is 24.0 Å². The first kappa shape index (κ1) is 10.3. The minimum absolute atomic E-state index is 0.0853. The highest BCUT2D eigenvalue weighted by atomic mass is 16.6. The van der Waals surface area contributed by atoms with Gasteiger partial charge in [0.05, 0.1) is 11.3 Å². The zero-order valence-corrected chi connectivity index (χ0v) is 9.23. The lowest BCUT2D eigenvalue weighted by molar-refractivity contribution is -0.385. The summed E-state index contributed by atoms with van der Waals surface area (Å²) >= 11 is 0. The van der Waals surface area contributed by atoms with Crippen molar-refractivity contribution < 1.29 is 9.72 Å². The number of hydrogen-bond donors (Lipinski definition) is 1. The van der Waals surface area contributed by atoms with Crippen molar-refractivity contribution in [2.24, 2.45) is 5.92 Å².